The van der Waals surface area contributed by atoms with Crippen LogP contribution < -0.4 is 16.0 Å². The second kappa shape index (κ2) is 14.9. The predicted octanol–water partition coefficient (Wildman–Crippen LogP) is 8.83. The summed E-state index contributed by atoms with van der Waals surface area (Å²) < 4.78 is 45.2. The average molecular weight is 676 g/mol. The molecule has 3 amide bonds. The largest absolute Gasteiger partial charge is 0.465 e. The number of alkyl halides is 3. The lowest BCUT2D eigenvalue weighted by Gasteiger charge is -2.19. The molecule has 1 unspecified atom stereocenters. The number of hydrogen-bond acceptors (Lipinski definition) is 5. The third-order valence-electron chi connectivity index (χ3n) is 6.62. The molecule has 1 aromatic heterocycles. The van der Waals surface area contributed by atoms with Gasteiger partial charge in [-0.15, -0.1) is 11.8 Å². The van der Waals surface area contributed by atoms with Crippen molar-refractivity contribution in [2.24, 2.45) is 0 Å². The van der Waals surface area contributed by atoms with Gasteiger partial charge in [0, 0.05) is 22.2 Å². The van der Waals surface area contributed by atoms with E-state index in [4.69, 9.17) is 16.0 Å². The molecule has 0 saturated carbocycles. The molecule has 0 fully saturated rings. The molecule has 0 saturated heterocycles. The van der Waals surface area contributed by atoms with Crippen LogP contribution in [0.4, 0.5) is 24.5 Å². The predicted molar refractivity (Wildman–Crippen MR) is 176 cm³/mol. The van der Waals surface area contributed by atoms with Gasteiger partial charge in [-0.1, -0.05) is 60.1 Å². The summed E-state index contributed by atoms with van der Waals surface area (Å²) in [6, 6.07) is 29.7. The maximum Gasteiger partial charge on any atom is 0.416 e. The Labute approximate surface area is 276 Å². The molecule has 7 nitrogen and oxygen atoms in total. The number of carbonyl (C=O) groups excluding carboxylic acids is 3. The van der Waals surface area contributed by atoms with E-state index in [-0.39, 0.29) is 16.4 Å². The molecule has 47 heavy (non-hydrogen) atoms. The standard InChI is InChI=1S/C35H25ClF3N3O4S/c36-28-18-13-24(35(37,38)39)20-29(28)41-34(45)31(22-8-3-1-4-9-22)47-27-16-14-25(15-17-27)40-33(44)30(21-26-12-7-19-46-26)42-32(43)23-10-5-2-6-11-23/h1-21,31H,(H,40,44)(H,41,45)(H,42,43)/b30-21-. The summed E-state index contributed by atoms with van der Waals surface area (Å²) in [6.45, 7) is 0. The number of anilines is 2. The molecule has 0 aliphatic heterocycles. The van der Waals surface area contributed by atoms with Crippen LogP contribution in [-0.4, -0.2) is 17.7 Å². The van der Waals surface area contributed by atoms with Crippen LogP contribution in [0.15, 0.2) is 137 Å². The number of carbonyl (C=O) groups is 3. The number of thioether (sulfide) groups is 1. The highest BCUT2D eigenvalue weighted by molar-refractivity contribution is 8.00. The van der Waals surface area contributed by atoms with E-state index in [9.17, 15) is 27.6 Å². The van der Waals surface area contributed by atoms with Crippen molar-refractivity contribution in [1.29, 1.82) is 0 Å². The van der Waals surface area contributed by atoms with Crippen molar-refractivity contribution in [1.82, 2.24) is 5.32 Å². The second-order valence-corrected chi connectivity index (χ2v) is 11.5. The van der Waals surface area contributed by atoms with Gasteiger partial charge < -0.3 is 20.4 Å². The number of amides is 3. The van der Waals surface area contributed by atoms with Gasteiger partial charge in [-0.05, 0) is 72.3 Å². The molecule has 1 atom stereocenters. The fourth-order valence-electron chi connectivity index (χ4n) is 4.31. The lowest BCUT2D eigenvalue weighted by molar-refractivity contribution is -0.137. The molecule has 0 aliphatic carbocycles. The Bertz CT molecular complexity index is 1880. The summed E-state index contributed by atoms with van der Waals surface area (Å²) in [5.41, 5.74) is 0.206. The zero-order valence-electron chi connectivity index (χ0n) is 24.3. The molecular weight excluding hydrogens is 651 g/mol. The maximum atomic E-state index is 13.5. The van der Waals surface area contributed by atoms with E-state index in [2.05, 4.69) is 16.0 Å². The third kappa shape index (κ3) is 8.93. The van der Waals surface area contributed by atoms with Crippen molar-refractivity contribution >= 4 is 58.5 Å². The minimum Gasteiger partial charge on any atom is -0.465 e. The highest BCUT2D eigenvalue weighted by Gasteiger charge is 2.31. The average Bonchev–Trinajstić information content (AvgIpc) is 3.58. The molecule has 0 aliphatic rings. The van der Waals surface area contributed by atoms with Crippen LogP contribution in [-0.2, 0) is 15.8 Å². The molecule has 238 valence electrons. The number of furan rings is 1. The highest BCUT2D eigenvalue weighted by atomic mass is 35.5. The molecule has 0 spiro atoms. The van der Waals surface area contributed by atoms with Crippen LogP contribution in [0.2, 0.25) is 5.02 Å². The number of rotatable bonds is 10. The smallest absolute Gasteiger partial charge is 0.416 e. The maximum absolute atomic E-state index is 13.5. The van der Waals surface area contributed by atoms with Gasteiger partial charge in [0.15, 0.2) is 0 Å². The van der Waals surface area contributed by atoms with Gasteiger partial charge >= 0.3 is 6.18 Å². The van der Waals surface area contributed by atoms with Crippen molar-refractivity contribution in [3.05, 3.63) is 155 Å². The molecular formula is C35H25ClF3N3O4S. The summed E-state index contributed by atoms with van der Waals surface area (Å²) in [7, 11) is 0. The van der Waals surface area contributed by atoms with Crippen LogP contribution in [0.25, 0.3) is 6.08 Å². The van der Waals surface area contributed by atoms with Crippen molar-refractivity contribution in [3.63, 3.8) is 0 Å². The fraction of sp³-hybridized carbons (Fsp3) is 0.0571. The van der Waals surface area contributed by atoms with Crippen LogP contribution in [0.3, 0.4) is 0 Å². The first kappa shape index (κ1) is 33.1. The minimum absolute atomic E-state index is 0.0383. The van der Waals surface area contributed by atoms with E-state index < -0.39 is 34.7 Å². The van der Waals surface area contributed by atoms with Gasteiger partial charge in [-0.3, -0.25) is 14.4 Å². The Morgan fingerprint density at radius 3 is 2.13 bits per heavy atom. The van der Waals surface area contributed by atoms with Crippen LogP contribution in [0.1, 0.15) is 32.5 Å². The fourth-order valence-corrected chi connectivity index (χ4v) is 5.50. The number of nitrogens with one attached hydrogen (secondary N) is 3. The lowest BCUT2D eigenvalue weighted by atomic mass is 10.1. The Balaban J connectivity index is 1.32. The second-order valence-electron chi connectivity index (χ2n) is 9.96. The SMILES string of the molecule is O=C(Nc1ccc(SC(C(=O)Nc2cc(C(F)(F)F)ccc2Cl)c2ccccc2)cc1)/C(=C/c1ccco1)NC(=O)c1ccccc1. The van der Waals surface area contributed by atoms with Gasteiger partial charge in [0.2, 0.25) is 5.91 Å². The molecule has 0 radical (unpaired) electrons. The zero-order valence-corrected chi connectivity index (χ0v) is 25.8. The van der Waals surface area contributed by atoms with Gasteiger partial charge in [0.1, 0.15) is 16.7 Å². The van der Waals surface area contributed by atoms with Crippen molar-refractivity contribution in [2.45, 2.75) is 16.3 Å². The van der Waals surface area contributed by atoms with E-state index in [0.717, 1.165) is 30.0 Å². The Morgan fingerprint density at radius 2 is 1.49 bits per heavy atom. The Kier molecular flexibility index (Phi) is 10.5. The quantitative estimate of drug-likeness (QED) is 0.101. The minimum atomic E-state index is -4.61. The van der Waals surface area contributed by atoms with Gasteiger partial charge in [-0.2, -0.15) is 13.2 Å². The van der Waals surface area contributed by atoms with E-state index >= 15 is 0 Å². The third-order valence-corrected chi connectivity index (χ3v) is 8.21. The summed E-state index contributed by atoms with van der Waals surface area (Å²) in [4.78, 5) is 40.1. The molecule has 5 aromatic rings. The van der Waals surface area contributed by atoms with Gasteiger partial charge in [-0.25, -0.2) is 0 Å². The molecule has 12 heteroatoms. The summed E-state index contributed by atoms with van der Waals surface area (Å²) in [6.07, 6.45) is -1.77. The monoisotopic (exact) mass is 675 g/mol. The molecule has 3 N–H and O–H groups in total. The van der Waals surface area contributed by atoms with Crippen LogP contribution in [0.5, 0.6) is 0 Å². The summed E-state index contributed by atoms with van der Waals surface area (Å²) in [5.74, 6) is -1.32. The topological polar surface area (TPSA) is 100 Å². The van der Waals surface area contributed by atoms with E-state index in [1.165, 1.54) is 12.3 Å². The van der Waals surface area contributed by atoms with Crippen molar-refractivity contribution < 1.29 is 32.0 Å². The molecule has 5 rings (SSSR count). The Hall–Kier alpha value is -5.26. The number of halogens is 4. The van der Waals surface area contributed by atoms with Crippen LogP contribution in [0, 0.1) is 0 Å². The van der Waals surface area contributed by atoms with E-state index in [0.29, 0.717) is 27.5 Å². The number of benzene rings is 4. The number of hydrogen-bond donors (Lipinski definition) is 3. The summed E-state index contributed by atoms with van der Waals surface area (Å²) in [5, 5.41) is 7.01. The van der Waals surface area contributed by atoms with Crippen molar-refractivity contribution in [2.75, 3.05) is 10.6 Å². The van der Waals surface area contributed by atoms with Gasteiger partial charge in [0.05, 0.1) is 22.5 Å². The van der Waals surface area contributed by atoms with Gasteiger partial charge in [0.25, 0.3) is 11.8 Å². The molecule has 1 heterocycles. The lowest BCUT2D eigenvalue weighted by Crippen LogP contribution is -2.30. The Morgan fingerprint density at radius 1 is 0.809 bits per heavy atom. The van der Waals surface area contributed by atoms with Crippen molar-refractivity contribution in [3.8, 4) is 0 Å². The zero-order chi connectivity index (χ0) is 33.4. The summed E-state index contributed by atoms with van der Waals surface area (Å²) >= 11 is 7.28. The first-order chi connectivity index (χ1) is 22.6. The van der Waals surface area contributed by atoms with E-state index in [1.807, 2.05) is 0 Å². The highest BCUT2D eigenvalue weighted by Crippen LogP contribution is 2.38. The van der Waals surface area contributed by atoms with E-state index in [1.54, 1.807) is 97.1 Å². The normalized spacial score (nSPS) is 12.2. The van der Waals surface area contributed by atoms with Crippen LogP contribution >= 0.6 is 23.4 Å². The first-order valence-corrected chi connectivity index (χ1v) is 15.2. The first-order valence-electron chi connectivity index (χ1n) is 14.0. The molecule has 4 aromatic carbocycles. The molecule has 0 bridgehead atoms.